The van der Waals surface area contributed by atoms with Gasteiger partial charge in [0.15, 0.2) is 12.1 Å². The monoisotopic (exact) mass is 261 g/mol. The molecule has 0 aliphatic heterocycles. The van der Waals surface area contributed by atoms with Gasteiger partial charge in [-0.1, -0.05) is 24.3 Å². The minimum Gasteiger partial charge on any atom is -0.367 e. The second kappa shape index (κ2) is 5.79. The Kier molecular flexibility index (Phi) is 4.10. The SMILES string of the molecule is Cc1nnc(-c2ccc(CC(N)C(O)O)cc2)nn1. The predicted octanol–water partition coefficient (Wildman–Crippen LogP) is -0.577. The van der Waals surface area contributed by atoms with Crippen LogP contribution in [-0.2, 0) is 6.42 Å². The van der Waals surface area contributed by atoms with Crippen molar-refractivity contribution in [1.29, 1.82) is 0 Å². The number of hydrogen-bond acceptors (Lipinski definition) is 7. The Morgan fingerprint density at radius 1 is 1.05 bits per heavy atom. The van der Waals surface area contributed by atoms with E-state index < -0.39 is 12.3 Å². The summed E-state index contributed by atoms with van der Waals surface area (Å²) in [6.45, 7) is 1.72. The summed E-state index contributed by atoms with van der Waals surface area (Å²) in [5, 5.41) is 33.4. The van der Waals surface area contributed by atoms with Crippen molar-refractivity contribution < 1.29 is 10.2 Å². The Labute approximate surface area is 110 Å². The van der Waals surface area contributed by atoms with Crippen molar-refractivity contribution in [2.45, 2.75) is 25.7 Å². The van der Waals surface area contributed by atoms with Crippen molar-refractivity contribution in [3.05, 3.63) is 35.7 Å². The number of hydrogen-bond donors (Lipinski definition) is 3. The molecule has 19 heavy (non-hydrogen) atoms. The second-order valence-electron chi connectivity index (χ2n) is 4.25. The molecule has 1 aromatic heterocycles. The lowest BCUT2D eigenvalue weighted by Crippen LogP contribution is -2.36. The highest BCUT2D eigenvalue weighted by Gasteiger charge is 2.12. The summed E-state index contributed by atoms with van der Waals surface area (Å²) in [5.74, 6) is 0.965. The van der Waals surface area contributed by atoms with E-state index in [0.29, 0.717) is 18.1 Å². The number of aliphatic hydroxyl groups excluding tert-OH is 1. The maximum absolute atomic E-state index is 8.93. The molecule has 1 heterocycles. The number of aryl methyl sites for hydroxylation is 1. The van der Waals surface area contributed by atoms with Crippen LogP contribution in [0.5, 0.6) is 0 Å². The average Bonchev–Trinajstić information content (AvgIpc) is 2.40. The van der Waals surface area contributed by atoms with E-state index in [9.17, 15) is 0 Å². The zero-order valence-corrected chi connectivity index (χ0v) is 10.4. The molecular formula is C12H15N5O2. The second-order valence-corrected chi connectivity index (χ2v) is 4.25. The van der Waals surface area contributed by atoms with Gasteiger partial charge in [0, 0.05) is 5.56 Å². The maximum Gasteiger partial charge on any atom is 0.203 e. The summed E-state index contributed by atoms with van der Waals surface area (Å²) in [7, 11) is 0. The van der Waals surface area contributed by atoms with Crippen molar-refractivity contribution in [2.75, 3.05) is 0 Å². The van der Waals surface area contributed by atoms with Crippen molar-refractivity contribution in [3.63, 3.8) is 0 Å². The Morgan fingerprint density at radius 3 is 2.16 bits per heavy atom. The lowest BCUT2D eigenvalue weighted by molar-refractivity contribution is -0.0577. The van der Waals surface area contributed by atoms with Crippen LogP contribution in [0.2, 0.25) is 0 Å². The molecule has 0 radical (unpaired) electrons. The van der Waals surface area contributed by atoms with Gasteiger partial charge >= 0.3 is 0 Å². The van der Waals surface area contributed by atoms with E-state index in [1.165, 1.54) is 0 Å². The van der Waals surface area contributed by atoms with Crippen LogP contribution in [0, 0.1) is 6.92 Å². The molecule has 1 aromatic carbocycles. The van der Waals surface area contributed by atoms with Crippen LogP contribution in [0.3, 0.4) is 0 Å². The smallest absolute Gasteiger partial charge is 0.203 e. The molecule has 0 saturated carbocycles. The van der Waals surface area contributed by atoms with Gasteiger partial charge in [0.1, 0.15) is 0 Å². The normalized spacial score (nSPS) is 12.7. The van der Waals surface area contributed by atoms with Gasteiger partial charge in [0.05, 0.1) is 6.04 Å². The minimum atomic E-state index is -1.52. The van der Waals surface area contributed by atoms with Crippen molar-refractivity contribution in [2.24, 2.45) is 5.73 Å². The van der Waals surface area contributed by atoms with Crippen molar-refractivity contribution >= 4 is 0 Å². The van der Waals surface area contributed by atoms with Gasteiger partial charge in [-0.15, -0.1) is 20.4 Å². The van der Waals surface area contributed by atoms with Gasteiger partial charge in [-0.2, -0.15) is 0 Å². The molecule has 1 atom stereocenters. The molecule has 0 bridgehead atoms. The van der Waals surface area contributed by atoms with Crippen LogP contribution >= 0.6 is 0 Å². The van der Waals surface area contributed by atoms with E-state index in [1.54, 1.807) is 6.92 Å². The van der Waals surface area contributed by atoms with Crippen LogP contribution in [0.1, 0.15) is 11.4 Å². The Hall–Kier alpha value is -1.96. The van der Waals surface area contributed by atoms with E-state index in [4.69, 9.17) is 15.9 Å². The molecule has 4 N–H and O–H groups in total. The van der Waals surface area contributed by atoms with Crippen LogP contribution < -0.4 is 5.73 Å². The van der Waals surface area contributed by atoms with Gasteiger partial charge in [0.2, 0.25) is 5.82 Å². The fourth-order valence-electron chi connectivity index (χ4n) is 1.56. The Balaban J connectivity index is 2.12. The first kappa shape index (κ1) is 13.5. The fraction of sp³-hybridized carbons (Fsp3) is 0.333. The predicted molar refractivity (Wildman–Crippen MR) is 67.7 cm³/mol. The largest absolute Gasteiger partial charge is 0.367 e. The minimum absolute atomic E-state index is 0.378. The third-order valence-corrected chi connectivity index (χ3v) is 2.65. The van der Waals surface area contributed by atoms with Crippen LogP contribution in [-0.4, -0.2) is 42.9 Å². The lowest BCUT2D eigenvalue weighted by Gasteiger charge is -2.13. The Bertz CT molecular complexity index is 527. The fourth-order valence-corrected chi connectivity index (χ4v) is 1.56. The summed E-state index contributed by atoms with van der Waals surface area (Å²) >= 11 is 0. The van der Waals surface area contributed by atoms with Crippen LogP contribution in [0.4, 0.5) is 0 Å². The first-order valence-corrected chi connectivity index (χ1v) is 5.81. The number of aromatic nitrogens is 4. The summed E-state index contributed by atoms with van der Waals surface area (Å²) in [5.41, 5.74) is 7.26. The molecular weight excluding hydrogens is 246 g/mol. The quantitative estimate of drug-likeness (QED) is 0.630. The van der Waals surface area contributed by atoms with E-state index in [2.05, 4.69) is 20.4 Å². The summed E-state index contributed by atoms with van der Waals surface area (Å²) in [6, 6.07) is 6.60. The van der Waals surface area contributed by atoms with Gasteiger partial charge < -0.3 is 15.9 Å². The standard InChI is InChI=1S/C12H15N5O2/c1-7-14-16-11(17-15-7)9-4-2-8(3-5-9)6-10(13)12(18)19/h2-5,10,12,18-19H,6,13H2,1H3. The molecule has 1 unspecified atom stereocenters. The molecule has 7 heteroatoms. The molecule has 0 aliphatic rings. The topological polar surface area (TPSA) is 118 Å². The van der Waals surface area contributed by atoms with Gasteiger partial charge in [-0.05, 0) is 18.9 Å². The van der Waals surface area contributed by atoms with E-state index in [1.807, 2.05) is 24.3 Å². The molecule has 100 valence electrons. The van der Waals surface area contributed by atoms with Gasteiger partial charge in [-0.3, -0.25) is 0 Å². The summed E-state index contributed by atoms with van der Waals surface area (Å²) in [6.07, 6.45) is -1.14. The first-order valence-electron chi connectivity index (χ1n) is 5.81. The third kappa shape index (κ3) is 3.50. The molecule has 2 aromatic rings. The summed E-state index contributed by atoms with van der Waals surface area (Å²) < 4.78 is 0. The number of rotatable bonds is 4. The van der Waals surface area contributed by atoms with Crippen LogP contribution in [0.25, 0.3) is 11.4 Å². The molecule has 2 rings (SSSR count). The zero-order valence-electron chi connectivity index (χ0n) is 10.4. The lowest BCUT2D eigenvalue weighted by atomic mass is 10.0. The maximum atomic E-state index is 8.93. The van der Waals surface area contributed by atoms with Crippen LogP contribution in [0.15, 0.2) is 24.3 Å². The first-order chi connectivity index (χ1) is 9.06. The molecule has 0 aliphatic carbocycles. The molecule has 0 fully saturated rings. The molecule has 0 amide bonds. The number of aliphatic hydroxyl groups is 2. The van der Waals surface area contributed by atoms with E-state index in [-0.39, 0.29) is 0 Å². The average molecular weight is 261 g/mol. The highest BCUT2D eigenvalue weighted by molar-refractivity contribution is 5.54. The van der Waals surface area contributed by atoms with E-state index >= 15 is 0 Å². The number of nitrogens with two attached hydrogens (primary N) is 1. The van der Waals surface area contributed by atoms with Gasteiger partial charge in [-0.25, -0.2) is 0 Å². The van der Waals surface area contributed by atoms with E-state index in [0.717, 1.165) is 11.1 Å². The number of nitrogens with zero attached hydrogens (tertiary/aromatic N) is 4. The molecule has 0 saturated heterocycles. The molecule has 7 nitrogen and oxygen atoms in total. The van der Waals surface area contributed by atoms with Crippen molar-refractivity contribution in [3.8, 4) is 11.4 Å². The third-order valence-electron chi connectivity index (χ3n) is 2.65. The zero-order chi connectivity index (χ0) is 13.8. The number of benzene rings is 1. The van der Waals surface area contributed by atoms with Crippen molar-refractivity contribution in [1.82, 2.24) is 20.4 Å². The summed E-state index contributed by atoms with van der Waals surface area (Å²) in [4.78, 5) is 0. The van der Waals surface area contributed by atoms with Gasteiger partial charge in [0.25, 0.3) is 0 Å². The Morgan fingerprint density at radius 2 is 1.63 bits per heavy atom. The highest BCUT2D eigenvalue weighted by Crippen LogP contribution is 2.15. The highest BCUT2D eigenvalue weighted by atomic mass is 16.5. The molecule has 0 spiro atoms.